The molecule has 6 heteroatoms. The van der Waals surface area contributed by atoms with E-state index in [0.29, 0.717) is 17.5 Å². The Morgan fingerprint density at radius 2 is 1.85 bits per heavy atom. The first-order valence-electron chi connectivity index (χ1n) is 8.20. The van der Waals surface area contributed by atoms with Gasteiger partial charge in [-0.05, 0) is 36.2 Å². The van der Waals surface area contributed by atoms with E-state index in [0.717, 1.165) is 11.1 Å². The van der Waals surface area contributed by atoms with Gasteiger partial charge in [-0.25, -0.2) is 9.59 Å². The van der Waals surface area contributed by atoms with Crippen molar-refractivity contribution in [3.63, 3.8) is 0 Å². The first-order chi connectivity index (χ1) is 12.4. The summed E-state index contributed by atoms with van der Waals surface area (Å²) in [6.07, 6.45) is 0.321. The Labute approximate surface area is 151 Å². The van der Waals surface area contributed by atoms with Crippen LogP contribution < -0.4 is 5.32 Å². The number of carbonyl (C=O) groups excluding carboxylic acids is 3. The number of cyclic esters (lactones) is 1. The molecule has 0 aromatic heterocycles. The zero-order valence-electron chi connectivity index (χ0n) is 14.6. The van der Waals surface area contributed by atoms with Crippen LogP contribution in [0.5, 0.6) is 0 Å². The number of ether oxygens (including phenoxy) is 2. The Kier molecular flexibility index (Phi) is 4.75. The standard InChI is InChI=1S/C20H19NO5/c1-20(11-15-5-3-4-6-16(15)18(23)26-20)19(24)21-12-13-7-9-14(10-8-13)17(22)25-2/h3-10H,11-12H2,1-2H3,(H,21,24)/t20-/m0/s1. The van der Waals surface area contributed by atoms with Gasteiger partial charge in [0.25, 0.3) is 5.91 Å². The van der Waals surface area contributed by atoms with Crippen molar-refractivity contribution in [3.05, 3.63) is 70.8 Å². The predicted molar refractivity (Wildman–Crippen MR) is 93.6 cm³/mol. The SMILES string of the molecule is COC(=O)c1ccc(CNC(=O)[C@]2(C)Cc3ccccc3C(=O)O2)cc1. The smallest absolute Gasteiger partial charge is 0.339 e. The van der Waals surface area contributed by atoms with Gasteiger partial charge in [0.1, 0.15) is 0 Å². The highest BCUT2D eigenvalue weighted by Crippen LogP contribution is 2.28. The minimum atomic E-state index is -1.25. The highest BCUT2D eigenvalue weighted by atomic mass is 16.6. The molecule has 6 nitrogen and oxygen atoms in total. The van der Waals surface area contributed by atoms with Crippen molar-refractivity contribution in [1.29, 1.82) is 0 Å². The van der Waals surface area contributed by atoms with Gasteiger partial charge in [-0.1, -0.05) is 30.3 Å². The molecule has 0 unspecified atom stereocenters. The van der Waals surface area contributed by atoms with E-state index >= 15 is 0 Å². The average Bonchev–Trinajstić information content (AvgIpc) is 2.65. The van der Waals surface area contributed by atoms with E-state index in [2.05, 4.69) is 10.1 Å². The van der Waals surface area contributed by atoms with E-state index in [-0.39, 0.29) is 12.5 Å². The fraction of sp³-hybridized carbons (Fsp3) is 0.250. The zero-order chi connectivity index (χ0) is 18.7. The second kappa shape index (κ2) is 7.00. The monoisotopic (exact) mass is 353 g/mol. The molecular weight excluding hydrogens is 334 g/mol. The van der Waals surface area contributed by atoms with Crippen molar-refractivity contribution < 1.29 is 23.9 Å². The molecule has 0 fully saturated rings. The van der Waals surface area contributed by atoms with Gasteiger partial charge in [-0.2, -0.15) is 0 Å². The molecule has 0 spiro atoms. The Hall–Kier alpha value is -3.15. The summed E-state index contributed by atoms with van der Waals surface area (Å²) in [5.74, 6) is -1.27. The summed E-state index contributed by atoms with van der Waals surface area (Å²) in [5, 5.41) is 2.79. The summed E-state index contributed by atoms with van der Waals surface area (Å²) in [6.45, 7) is 1.87. The minimum Gasteiger partial charge on any atom is -0.465 e. The number of fused-ring (bicyclic) bond motifs is 1. The van der Waals surface area contributed by atoms with Crippen molar-refractivity contribution in [3.8, 4) is 0 Å². The molecule has 0 bridgehead atoms. The average molecular weight is 353 g/mol. The van der Waals surface area contributed by atoms with E-state index in [1.807, 2.05) is 12.1 Å². The maximum Gasteiger partial charge on any atom is 0.339 e. The van der Waals surface area contributed by atoms with E-state index in [1.54, 1.807) is 43.3 Å². The van der Waals surface area contributed by atoms with Crippen LogP contribution in [0.3, 0.4) is 0 Å². The third-order valence-electron chi connectivity index (χ3n) is 4.39. The zero-order valence-corrected chi connectivity index (χ0v) is 14.6. The number of benzene rings is 2. The number of rotatable bonds is 4. The summed E-state index contributed by atoms with van der Waals surface area (Å²) in [4.78, 5) is 36.2. The normalized spacial score (nSPS) is 18.5. The lowest BCUT2D eigenvalue weighted by molar-refractivity contribution is -0.139. The highest BCUT2D eigenvalue weighted by Gasteiger charge is 2.42. The molecule has 0 saturated carbocycles. The topological polar surface area (TPSA) is 81.7 Å². The minimum absolute atomic E-state index is 0.259. The van der Waals surface area contributed by atoms with E-state index in [9.17, 15) is 14.4 Å². The fourth-order valence-corrected chi connectivity index (χ4v) is 2.91. The molecule has 1 heterocycles. The van der Waals surface area contributed by atoms with Crippen LogP contribution in [-0.4, -0.2) is 30.6 Å². The van der Waals surface area contributed by atoms with Gasteiger partial charge in [-0.15, -0.1) is 0 Å². The Morgan fingerprint density at radius 3 is 2.54 bits per heavy atom. The molecule has 26 heavy (non-hydrogen) atoms. The molecule has 1 aliphatic heterocycles. The van der Waals surface area contributed by atoms with Crippen molar-refractivity contribution >= 4 is 17.8 Å². The van der Waals surface area contributed by atoms with Gasteiger partial charge >= 0.3 is 11.9 Å². The number of amides is 1. The van der Waals surface area contributed by atoms with Crippen LogP contribution in [0, 0.1) is 0 Å². The summed E-state index contributed by atoms with van der Waals surface area (Å²) in [6, 6.07) is 13.8. The van der Waals surface area contributed by atoms with Gasteiger partial charge < -0.3 is 14.8 Å². The maximum absolute atomic E-state index is 12.6. The molecule has 1 amide bonds. The van der Waals surface area contributed by atoms with Crippen LogP contribution in [-0.2, 0) is 27.2 Å². The molecule has 0 radical (unpaired) electrons. The Bertz CT molecular complexity index is 859. The number of hydrogen-bond donors (Lipinski definition) is 1. The van der Waals surface area contributed by atoms with Crippen molar-refractivity contribution in [2.75, 3.05) is 7.11 Å². The molecule has 0 saturated heterocycles. The fourth-order valence-electron chi connectivity index (χ4n) is 2.91. The molecule has 1 atom stereocenters. The largest absolute Gasteiger partial charge is 0.465 e. The lowest BCUT2D eigenvalue weighted by Crippen LogP contribution is -2.51. The molecule has 134 valence electrons. The Morgan fingerprint density at radius 1 is 1.15 bits per heavy atom. The maximum atomic E-state index is 12.6. The molecule has 1 aliphatic rings. The van der Waals surface area contributed by atoms with Gasteiger partial charge in [0.05, 0.1) is 18.2 Å². The summed E-state index contributed by atoms with van der Waals surface area (Å²) >= 11 is 0. The van der Waals surface area contributed by atoms with Crippen LogP contribution in [0.25, 0.3) is 0 Å². The Balaban J connectivity index is 1.67. The molecular formula is C20H19NO5. The van der Waals surface area contributed by atoms with E-state index in [1.165, 1.54) is 7.11 Å². The number of nitrogens with one attached hydrogen (secondary N) is 1. The van der Waals surface area contributed by atoms with Crippen molar-refractivity contribution in [1.82, 2.24) is 5.32 Å². The van der Waals surface area contributed by atoms with Crippen LogP contribution in [0.2, 0.25) is 0 Å². The van der Waals surface area contributed by atoms with Crippen molar-refractivity contribution in [2.24, 2.45) is 0 Å². The van der Waals surface area contributed by atoms with Crippen LogP contribution in [0.4, 0.5) is 0 Å². The first-order valence-corrected chi connectivity index (χ1v) is 8.20. The second-order valence-electron chi connectivity index (χ2n) is 6.33. The van der Waals surface area contributed by atoms with Gasteiger partial charge in [0, 0.05) is 13.0 Å². The van der Waals surface area contributed by atoms with Gasteiger partial charge in [0.2, 0.25) is 0 Å². The quantitative estimate of drug-likeness (QED) is 0.853. The van der Waals surface area contributed by atoms with Gasteiger partial charge in [0.15, 0.2) is 5.60 Å². The van der Waals surface area contributed by atoms with Crippen molar-refractivity contribution in [2.45, 2.75) is 25.5 Å². The molecule has 2 aromatic rings. The lowest BCUT2D eigenvalue weighted by Gasteiger charge is -2.33. The number of carbonyl (C=O) groups is 3. The molecule has 1 N–H and O–H groups in total. The van der Waals surface area contributed by atoms with Crippen LogP contribution in [0.15, 0.2) is 48.5 Å². The highest BCUT2D eigenvalue weighted by molar-refractivity contribution is 5.97. The lowest BCUT2D eigenvalue weighted by atomic mass is 9.89. The summed E-state index contributed by atoms with van der Waals surface area (Å²) < 4.78 is 10.1. The van der Waals surface area contributed by atoms with Crippen LogP contribution in [0.1, 0.15) is 38.8 Å². The van der Waals surface area contributed by atoms with Gasteiger partial charge in [-0.3, -0.25) is 4.79 Å². The van der Waals surface area contributed by atoms with E-state index in [4.69, 9.17) is 4.74 Å². The summed E-state index contributed by atoms with van der Waals surface area (Å²) in [7, 11) is 1.32. The van der Waals surface area contributed by atoms with Crippen LogP contribution >= 0.6 is 0 Å². The van der Waals surface area contributed by atoms with E-state index < -0.39 is 17.5 Å². The molecule has 0 aliphatic carbocycles. The number of hydrogen-bond acceptors (Lipinski definition) is 5. The molecule has 2 aromatic carbocycles. The first kappa shape index (κ1) is 17.7. The number of esters is 2. The number of methoxy groups -OCH3 is 1. The second-order valence-corrected chi connectivity index (χ2v) is 6.33. The predicted octanol–water partition coefficient (Wildman–Crippen LogP) is 2.26. The summed E-state index contributed by atoms with van der Waals surface area (Å²) in [5.41, 5.74) is 1.29. The third-order valence-corrected chi connectivity index (χ3v) is 4.39. The third kappa shape index (κ3) is 3.44. The molecule has 3 rings (SSSR count).